The van der Waals surface area contributed by atoms with Crippen LogP contribution in [0, 0.1) is 6.92 Å². The van der Waals surface area contributed by atoms with Crippen LogP contribution in [0.4, 0.5) is 5.69 Å². The van der Waals surface area contributed by atoms with Gasteiger partial charge in [0, 0.05) is 10.7 Å². The molecule has 0 heterocycles. The Morgan fingerprint density at radius 2 is 1.87 bits per heavy atom. The Morgan fingerprint density at radius 3 is 2.43 bits per heavy atom. The molecule has 0 aliphatic carbocycles. The van der Waals surface area contributed by atoms with E-state index in [1.165, 1.54) is 5.56 Å². The molecule has 0 aromatic heterocycles. The molecule has 3 nitrogen and oxygen atoms in total. The molecule has 1 unspecified atom stereocenters. The lowest BCUT2D eigenvalue weighted by Gasteiger charge is -2.18. The molecular weight excluding hydrogens is 310 g/mol. The Balaban J connectivity index is 2.03. The minimum atomic E-state index is -0.540. The molecule has 0 radical (unpaired) electrons. The number of rotatable bonds is 6. The second kappa shape index (κ2) is 8.02. The summed E-state index contributed by atoms with van der Waals surface area (Å²) in [4.78, 5) is 12.4. The first-order chi connectivity index (χ1) is 11.0. The first-order valence-electron chi connectivity index (χ1n) is 7.86. The lowest BCUT2D eigenvalue weighted by molar-refractivity contribution is -0.122. The van der Waals surface area contributed by atoms with Gasteiger partial charge in [0.15, 0.2) is 6.10 Å². The van der Waals surface area contributed by atoms with Crippen LogP contribution in [0.3, 0.4) is 0 Å². The highest BCUT2D eigenvalue weighted by Gasteiger charge is 2.18. The van der Waals surface area contributed by atoms with Gasteiger partial charge in [-0.25, -0.2) is 0 Å². The number of carbonyl (C=O) groups excluding carboxylic acids is 1. The summed E-state index contributed by atoms with van der Waals surface area (Å²) in [7, 11) is 0. The van der Waals surface area contributed by atoms with Crippen LogP contribution in [0.1, 0.15) is 31.4 Å². The number of hydrogen-bond donors (Lipinski definition) is 1. The van der Waals surface area contributed by atoms with Gasteiger partial charge in [0.1, 0.15) is 5.75 Å². The highest BCUT2D eigenvalue weighted by atomic mass is 35.5. The van der Waals surface area contributed by atoms with E-state index in [9.17, 15) is 4.79 Å². The van der Waals surface area contributed by atoms with Crippen LogP contribution in [0.5, 0.6) is 5.75 Å². The zero-order chi connectivity index (χ0) is 16.8. The predicted molar refractivity (Wildman–Crippen MR) is 95.3 cm³/mol. The Hall–Kier alpha value is -2.00. The van der Waals surface area contributed by atoms with Gasteiger partial charge >= 0.3 is 0 Å². The number of benzene rings is 2. The fraction of sp³-hybridized carbons (Fsp3) is 0.316. The molecule has 0 saturated carbocycles. The Labute approximate surface area is 142 Å². The molecule has 1 atom stereocenters. The van der Waals surface area contributed by atoms with Crippen molar-refractivity contribution < 1.29 is 9.53 Å². The molecule has 2 rings (SSSR count). The van der Waals surface area contributed by atoms with Crippen molar-refractivity contribution in [3.8, 4) is 5.75 Å². The van der Waals surface area contributed by atoms with Crippen molar-refractivity contribution >= 4 is 23.2 Å². The molecule has 122 valence electrons. The molecule has 0 fully saturated rings. The summed E-state index contributed by atoms with van der Waals surface area (Å²) < 4.78 is 5.81. The van der Waals surface area contributed by atoms with Crippen LogP contribution < -0.4 is 10.1 Å². The van der Waals surface area contributed by atoms with E-state index in [1.54, 1.807) is 12.1 Å². The smallest absolute Gasteiger partial charge is 0.265 e. The van der Waals surface area contributed by atoms with E-state index in [0.717, 1.165) is 17.7 Å². The van der Waals surface area contributed by atoms with Crippen LogP contribution in [0.25, 0.3) is 0 Å². The highest BCUT2D eigenvalue weighted by molar-refractivity contribution is 6.31. The van der Waals surface area contributed by atoms with Crippen molar-refractivity contribution in [2.75, 3.05) is 5.32 Å². The number of carbonyl (C=O) groups is 1. The maximum Gasteiger partial charge on any atom is 0.265 e. The minimum Gasteiger partial charge on any atom is -0.481 e. The molecule has 0 bridgehead atoms. The van der Waals surface area contributed by atoms with Crippen molar-refractivity contribution in [1.29, 1.82) is 0 Å². The summed E-state index contributed by atoms with van der Waals surface area (Å²) >= 11 is 6.01. The topological polar surface area (TPSA) is 38.3 Å². The lowest BCUT2D eigenvalue weighted by atomic mass is 10.1. The van der Waals surface area contributed by atoms with E-state index in [1.807, 2.05) is 44.2 Å². The number of ether oxygens (including phenoxy) is 1. The van der Waals surface area contributed by atoms with Gasteiger partial charge in [0.05, 0.1) is 0 Å². The second-order valence-corrected chi connectivity index (χ2v) is 5.87. The third-order valence-electron chi connectivity index (χ3n) is 3.70. The molecule has 2 aromatic carbocycles. The Bertz CT molecular complexity index is 668. The largest absolute Gasteiger partial charge is 0.481 e. The molecule has 0 aliphatic rings. The molecule has 0 saturated heterocycles. The van der Waals surface area contributed by atoms with E-state index in [2.05, 4.69) is 12.2 Å². The SMILES string of the molecule is CCc1ccc(NC(=O)C(CC)Oc2ccc(Cl)c(C)c2)cc1. The van der Waals surface area contributed by atoms with Crippen LogP contribution >= 0.6 is 11.6 Å². The van der Waals surface area contributed by atoms with Gasteiger partial charge in [-0.05, 0) is 61.2 Å². The van der Waals surface area contributed by atoms with E-state index in [0.29, 0.717) is 17.2 Å². The van der Waals surface area contributed by atoms with E-state index >= 15 is 0 Å². The normalized spacial score (nSPS) is 11.8. The zero-order valence-electron chi connectivity index (χ0n) is 13.7. The van der Waals surface area contributed by atoms with Gasteiger partial charge in [-0.1, -0.05) is 37.6 Å². The van der Waals surface area contributed by atoms with Crippen molar-refractivity contribution in [3.05, 3.63) is 58.6 Å². The lowest BCUT2D eigenvalue weighted by Crippen LogP contribution is -2.32. The third-order valence-corrected chi connectivity index (χ3v) is 4.12. The average molecular weight is 332 g/mol. The summed E-state index contributed by atoms with van der Waals surface area (Å²) in [6.07, 6.45) is 1.02. The van der Waals surface area contributed by atoms with Crippen molar-refractivity contribution in [3.63, 3.8) is 0 Å². The first-order valence-corrected chi connectivity index (χ1v) is 8.23. The number of hydrogen-bond acceptors (Lipinski definition) is 2. The first kappa shape index (κ1) is 17.4. The Morgan fingerprint density at radius 1 is 1.17 bits per heavy atom. The number of anilines is 1. The molecule has 2 aromatic rings. The van der Waals surface area contributed by atoms with Crippen LogP contribution in [0.15, 0.2) is 42.5 Å². The molecule has 4 heteroatoms. The van der Waals surface area contributed by atoms with E-state index in [-0.39, 0.29) is 5.91 Å². The number of aryl methyl sites for hydroxylation is 2. The number of halogens is 1. The second-order valence-electron chi connectivity index (χ2n) is 5.47. The van der Waals surface area contributed by atoms with Gasteiger partial charge in [-0.15, -0.1) is 0 Å². The predicted octanol–water partition coefficient (Wildman–Crippen LogP) is 5.01. The summed E-state index contributed by atoms with van der Waals surface area (Å²) in [5.74, 6) is 0.500. The van der Waals surface area contributed by atoms with Gasteiger partial charge in [-0.3, -0.25) is 4.79 Å². The van der Waals surface area contributed by atoms with Crippen LogP contribution in [-0.4, -0.2) is 12.0 Å². The van der Waals surface area contributed by atoms with Crippen molar-refractivity contribution in [2.45, 2.75) is 39.7 Å². The van der Waals surface area contributed by atoms with Gasteiger partial charge in [-0.2, -0.15) is 0 Å². The van der Waals surface area contributed by atoms with E-state index < -0.39 is 6.10 Å². The van der Waals surface area contributed by atoms with Gasteiger partial charge in [0.25, 0.3) is 5.91 Å². The molecule has 0 spiro atoms. The maximum atomic E-state index is 12.4. The number of amides is 1. The van der Waals surface area contributed by atoms with Crippen molar-refractivity contribution in [1.82, 2.24) is 0 Å². The fourth-order valence-electron chi connectivity index (χ4n) is 2.22. The highest BCUT2D eigenvalue weighted by Crippen LogP contribution is 2.22. The average Bonchev–Trinajstić information content (AvgIpc) is 2.56. The standard InChI is InChI=1S/C19H22ClNO2/c1-4-14-6-8-15(9-7-14)21-19(22)18(5-2)23-16-10-11-17(20)13(3)12-16/h6-12,18H,4-5H2,1-3H3,(H,21,22). The molecule has 23 heavy (non-hydrogen) atoms. The molecule has 1 amide bonds. The number of nitrogens with one attached hydrogen (secondary N) is 1. The monoisotopic (exact) mass is 331 g/mol. The Kier molecular flexibility index (Phi) is 6.05. The van der Waals surface area contributed by atoms with Crippen LogP contribution in [-0.2, 0) is 11.2 Å². The minimum absolute atomic E-state index is 0.149. The molecular formula is C19H22ClNO2. The third kappa shape index (κ3) is 4.73. The van der Waals surface area contributed by atoms with Gasteiger partial charge in [0.2, 0.25) is 0 Å². The zero-order valence-corrected chi connectivity index (χ0v) is 14.5. The maximum absolute atomic E-state index is 12.4. The summed E-state index contributed by atoms with van der Waals surface area (Å²) in [5, 5.41) is 3.59. The quantitative estimate of drug-likeness (QED) is 0.808. The van der Waals surface area contributed by atoms with Gasteiger partial charge < -0.3 is 10.1 Å². The summed E-state index contributed by atoms with van der Waals surface area (Å²) in [6.45, 7) is 5.93. The van der Waals surface area contributed by atoms with E-state index in [4.69, 9.17) is 16.3 Å². The summed E-state index contributed by atoms with van der Waals surface area (Å²) in [6, 6.07) is 13.3. The van der Waals surface area contributed by atoms with Crippen molar-refractivity contribution in [2.24, 2.45) is 0 Å². The summed E-state index contributed by atoms with van der Waals surface area (Å²) in [5.41, 5.74) is 2.94. The fourth-order valence-corrected chi connectivity index (χ4v) is 2.34. The van der Waals surface area contributed by atoms with Crippen LogP contribution in [0.2, 0.25) is 5.02 Å². The molecule has 1 N–H and O–H groups in total. The molecule has 0 aliphatic heterocycles.